The van der Waals surface area contributed by atoms with Gasteiger partial charge in [0.15, 0.2) is 0 Å². The number of hydrogen-bond donors (Lipinski definition) is 1. The van der Waals surface area contributed by atoms with Crippen LogP contribution in [0.3, 0.4) is 0 Å². The number of nitrogens with one attached hydrogen (secondary N) is 1. The molecule has 0 atom stereocenters. The van der Waals surface area contributed by atoms with Crippen LogP contribution in [0.5, 0.6) is 0 Å². The molecule has 2 aliphatic rings. The van der Waals surface area contributed by atoms with Gasteiger partial charge in [-0.1, -0.05) is 6.07 Å². The highest BCUT2D eigenvalue weighted by Crippen LogP contribution is 2.33. The highest BCUT2D eigenvalue weighted by atomic mass is 32.2. The standard InChI is InChI=1S/C16H24N2O2S/c1-12(2)18(11-13-5-6-13)21(19,20)15-8-7-14-4-3-9-17-16(14)10-15/h7-8,10,12-13,17H,3-6,9,11H2,1-2H3. The molecule has 0 aromatic heterocycles. The minimum absolute atomic E-state index is 0.000378. The van der Waals surface area contributed by atoms with E-state index in [9.17, 15) is 8.42 Å². The molecule has 116 valence electrons. The summed E-state index contributed by atoms with van der Waals surface area (Å²) >= 11 is 0. The third-order valence-electron chi connectivity index (χ3n) is 4.34. The SMILES string of the molecule is CC(C)N(CC1CC1)S(=O)(=O)c1ccc2c(c1)NCCC2. The Morgan fingerprint density at radius 3 is 2.76 bits per heavy atom. The van der Waals surface area contributed by atoms with Gasteiger partial charge in [-0.25, -0.2) is 8.42 Å². The van der Waals surface area contributed by atoms with Crippen molar-refractivity contribution in [2.45, 2.75) is 50.5 Å². The number of fused-ring (bicyclic) bond motifs is 1. The van der Waals surface area contributed by atoms with Crippen molar-refractivity contribution in [3.63, 3.8) is 0 Å². The zero-order chi connectivity index (χ0) is 15.0. The van der Waals surface area contributed by atoms with Crippen molar-refractivity contribution in [2.24, 2.45) is 5.92 Å². The Morgan fingerprint density at radius 2 is 2.10 bits per heavy atom. The second kappa shape index (κ2) is 5.61. The first kappa shape index (κ1) is 14.9. The summed E-state index contributed by atoms with van der Waals surface area (Å²) in [7, 11) is -3.40. The van der Waals surface area contributed by atoms with Crippen molar-refractivity contribution >= 4 is 15.7 Å². The van der Waals surface area contributed by atoms with Gasteiger partial charge in [0.2, 0.25) is 10.0 Å². The molecule has 0 bridgehead atoms. The summed E-state index contributed by atoms with van der Waals surface area (Å²) in [6.07, 6.45) is 4.45. The van der Waals surface area contributed by atoms with Crippen LogP contribution >= 0.6 is 0 Å². The summed E-state index contributed by atoms with van der Waals surface area (Å²) in [4.78, 5) is 0.421. The van der Waals surface area contributed by atoms with Crippen LogP contribution in [0.25, 0.3) is 0 Å². The van der Waals surface area contributed by atoms with Crippen LogP contribution in [0.2, 0.25) is 0 Å². The number of sulfonamides is 1. The van der Waals surface area contributed by atoms with Crippen LogP contribution < -0.4 is 5.32 Å². The highest BCUT2D eigenvalue weighted by Gasteiger charge is 2.33. The van der Waals surface area contributed by atoms with E-state index in [-0.39, 0.29) is 6.04 Å². The maximum atomic E-state index is 12.9. The summed E-state index contributed by atoms with van der Waals surface area (Å²) in [5.41, 5.74) is 2.20. The van der Waals surface area contributed by atoms with Gasteiger partial charge in [0.25, 0.3) is 0 Å². The lowest BCUT2D eigenvalue weighted by Crippen LogP contribution is -2.38. The molecule has 1 heterocycles. The molecule has 1 aromatic rings. The number of aryl methyl sites for hydroxylation is 1. The molecule has 21 heavy (non-hydrogen) atoms. The lowest BCUT2D eigenvalue weighted by atomic mass is 10.0. The lowest BCUT2D eigenvalue weighted by Gasteiger charge is -2.27. The zero-order valence-electron chi connectivity index (χ0n) is 12.8. The van der Waals surface area contributed by atoms with Gasteiger partial charge in [0, 0.05) is 24.8 Å². The number of anilines is 1. The van der Waals surface area contributed by atoms with Gasteiger partial charge in [-0.3, -0.25) is 0 Å². The van der Waals surface area contributed by atoms with Crippen molar-refractivity contribution in [3.8, 4) is 0 Å². The molecule has 1 aliphatic carbocycles. The summed E-state index contributed by atoms with van der Waals surface area (Å²) in [6, 6.07) is 5.54. The maximum absolute atomic E-state index is 12.9. The van der Waals surface area contributed by atoms with E-state index >= 15 is 0 Å². The van der Waals surface area contributed by atoms with Gasteiger partial charge in [0.1, 0.15) is 0 Å². The Labute approximate surface area is 127 Å². The van der Waals surface area contributed by atoms with Gasteiger partial charge in [-0.05, 0) is 63.1 Å². The van der Waals surface area contributed by atoms with E-state index in [2.05, 4.69) is 5.32 Å². The van der Waals surface area contributed by atoms with Crippen molar-refractivity contribution in [1.29, 1.82) is 0 Å². The second-order valence-corrected chi connectivity index (χ2v) is 8.35. The topological polar surface area (TPSA) is 49.4 Å². The predicted molar refractivity (Wildman–Crippen MR) is 85.0 cm³/mol. The fourth-order valence-corrected chi connectivity index (χ4v) is 4.62. The largest absolute Gasteiger partial charge is 0.385 e. The summed E-state index contributed by atoms with van der Waals surface area (Å²) in [6.45, 7) is 5.49. The van der Waals surface area contributed by atoms with Crippen LogP contribution in [-0.4, -0.2) is 31.9 Å². The predicted octanol–water partition coefficient (Wildman–Crippen LogP) is 2.85. The van der Waals surface area contributed by atoms with Crippen LogP contribution in [-0.2, 0) is 16.4 Å². The van der Waals surface area contributed by atoms with E-state index in [1.165, 1.54) is 5.56 Å². The Balaban J connectivity index is 1.92. The van der Waals surface area contributed by atoms with E-state index in [1.807, 2.05) is 26.0 Å². The van der Waals surface area contributed by atoms with Crippen molar-refractivity contribution in [3.05, 3.63) is 23.8 Å². The first-order chi connectivity index (χ1) is 9.98. The molecule has 5 heteroatoms. The average Bonchev–Trinajstić information content (AvgIpc) is 3.27. The molecule has 0 radical (unpaired) electrons. The fraction of sp³-hybridized carbons (Fsp3) is 0.625. The molecule has 1 aliphatic heterocycles. The van der Waals surface area contributed by atoms with E-state index in [1.54, 1.807) is 10.4 Å². The van der Waals surface area contributed by atoms with Crippen LogP contribution in [0.15, 0.2) is 23.1 Å². The van der Waals surface area contributed by atoms with E-state index in [0.29, 0.717) is 17.4 Å². The average molecular weight is 308 g/mol. The monoisotopic (exact) mass is 308 g/mol. The summed E-state index contributed by atoms with van der Waals surface area (Å²) < 4.78 is 27.5. The van der Waals surface area contributed by atoms with Crippen molar-refractivity contribution < 1.29 is 8.42 Å². The summed E-state index contributed by atoms with van der Waals surface area (Å²) in [5.74, 6) is 0.554. The first-order valence-electron chi connectivity index (χ1n) is 7.87. The van der Waals surface area contributed by atoms with Gasteiger partial charge in [-0.2, -0.15) is 4.31 Å². The molecule has 0 amide bonds. The molecule has 0 spiro atoms. The number of nitrogens with zero attached hydrogens (tertiary/aromatic N) is 1. The number of rotatable bonds is 5. The minimum Gasteiger partial charge on any atom is -0.385 e. The molecule has 1 aromatic carbocycles. The second-order valence-electron chi connectivity index (χ2n) is 6.46. The van der Waals surface area contributed by atoms with E-state index in [4.69, 9.17) is 0 Å². The van der Waals surface area contributed by atoms with Crippen molar-refractivity contribution in [2.75, 3.05) is 18.4 Å². The Hall–Kier alpha value is -1.07. The molecule has 1 fully saturated rings. The van der Waals surface area contributed by atoms with Crippen LogP contribution in [0.1, 0.15) is 38.7 Å². The lowest BCUT2D eigenvalue weighted by molar-refractivity contribution is 0.342. The van der Waals surface area contributed by atoms with Gasteiger partial charge in [0.05, 0.1) is 4.90 Å². The fourth-order valence-electron chi connectivity index (χ4n) is 2.88. The molecule has 3 rings (SSSR count). The van der Waals surface area contributed by atoms with Crippen LogP contribution in [0.4, 0.5) is 5.69 Å². The molecular formula is C16H24N2O2S. The van der Waals surface area contributed by atoms with Crippen molar-refractivity contribution in [1.82, 2.24) is 4.31 Å². The quantitative estimate of drug-likeness (QED) is 0.910. The first-order valence-corrected chi connectivity index (χ1v) is 9.31. The number of benzene rings is 1. The molecule has 1 saturated carbocycles. The summed E-state index contributed by atoms with van der Waals surface area (Å²) in [5, 5.41) is 3.31. The zero-order valence-corrected chi connectivity index (χ0v) is 13.6. The Morgan fingerprint density at radius 1 is 1.33 bits per heavy atom. The molecule has 1 N–H and O–H groups in total. The van der Waals surface area contributed by atoms with E-state index in [0.717, 1.165) is 37.9 Å². The molecule has 0 saturated heterocycles. The minimum atomic E-state index is -3.40. The third-order valence-corrected chi connectivity index (χ3v) is 6.38. The van der Waals surface area contributed by atoms with Gasteiger partial charge >= 0.3 is 0 Å². The number of hydrogen-bond acceptors (Lipinski definition) is 3. The molecular weight excluding hydrogens is 284 g/mol. The Kier molecular flexibility index (Phi) is 3.97. The normalized spacial score (nSPS) is 18.7. The molecule has 4 nitrogen and oxygen atoms in total. The van der Waals surface area contributed by atoms with Gasteiger partial charge < -0.3 is 5.32 Å². The van der Waals surface area contributed by atoms with Gasteiger partial charge in [-0.15, -0.1) is 0 Å². The van der Waals surface area contributed by atoms with E-state index < -0.39 is 10.0 Å². The maximum Gasteiger partial charge on any atom is 0.243 e. The van der Waals surface area contributed by atoms with Crippen LogP contribution in [0, 0.1) is 5.92 Å². The Bertz CT molecular complexity index is 621. The smallest absolute Gasteiger partial charge is 0.243 e. The third kappa shape index (κ3) is 3.09. The highest BCUT2D eigenvalue weighted by molar-refractivity contribution is 7.89. The molecule has 0 unspecified atom stereocenters.